The van der Waals surface area contributed by atoms with Gasteiger partial charge in [0.1, 0.15) is 0 Å². The molecule has 2 nitrogen and oxygen atoms in total. The molecule has 0 fully saturated rings. The van der Waals surface area contributed by atoms with Crippen LogP contribution in [-0.4, -0.2) is 30.6 Å². The minimum atomic E-state index is 0.161. The third kappa shape index (κ3) is 3.44. The second-order valence-electron chi connectivity index (χ2n) is 6.15. The third-order valence-corrected chi connectivity index (χ3v) is 5.33. The van der Waals surface area contributed by atoms with Gasteiger partial charge in [-0.1, -0.05) is 41.8 Å². The molecule has 0 bridgehead atoms. The molecule has 1 aliphatic rings. The predicted molar refractivity (Wildman–Crippen MR) is 90.1 cm³/mol. The third-order valence-electron chi connectivity index (χ3n) is 4.83. The number of aryl methyl sites for hydroxylation is 1. The Morgan fingerprint density at radius 1 is 1.30 bits per heavy atom. The van der Waals surface area contributed by atoms with Crippen LogP contribution >= 0.6 is 15.9 Å². The van der Waals surface area contributed by atoms with Crippen LogP contribution in [0.15, 0.2) is 22.7 Å². The van der Waals surface area contributed by atoms with Crippen molar-refractivity contribution in [2.75, 3.05) is 20.1 Å². The van der Waals surface area contributed by atoms with Crippen molar-refractivity contribution in [1.82, 2.24) is 4.90 Å². The predicted octanol–water partition coefficient (Wildman–Crippen LogP) is 3.76. The highest BCUT2D eigenvalue weighted by Gasteiger charge is 2.36. The summed E-state index contributed by atoms with van der Waals surface area (Å²) in [5, 5.41) is 0. The van der Waals surface area contributed by atoms with Crippen molar-refractivity contribution in [3.8, 4) is 0 Å². The van der Waals surface area contributed by atoms with Gasteiger partial charge in [-0.25, -0.2) is 0 Å². The molecule has 0 radical (unpaired) electrons. The summed E-state index contributed by atoms with van der Waals surface area (Å²) in [4.78, 5) is 2.52. The summed E-state index contributed by atoms with van der Waals surface area (Å²) in [5.41, 5.74) is 9.31. The monoisotopic (exact) mass is 338 g/mol. The van der Waals surface area contributed by atoms with Crippen LogP contribution in [0.5, 0.6) is 0 Å². The maximum Gasteiger partial charge on any atom is 0.0372 e. The van der Waals surface area contributed by atoms with Gasteiger partial charge in [0, 0.05) is 16.6 Å². The van der Waals surface area contributed by atoms with Crippen molar-refractivity contribution in [1.29, 1.82) is 0 Å². The van der Waals surface area contributed by atoms with E-state index in [2.05, 4.69) is 53.0 Å². The van der Waals surface area contributed by atoms with Crippen molar-refractivity contribution >= 4 is 15.9 Å². The number of benzene rings is 1. The molecule has 1 aromatic carbocycles. The number of fused-ring (bicyclic) bond motifs is 1. The molecule has 0 spiro atoms. The average Bonchev–Trinajstić information content (AvgIpc) is 2.47. The van der Waals surface area contributed by atoms with E-state index in [0.717, 1.165) is 25.9 Å². The Kier molecular flexibility index (Phi) is 5.65. The molecular weight excluding hydrogens is 312 g/mol. The lowest BCUT2D eigenvalue weighted by atomic mass is 9.77. The first-order valence-electron chi connectivity index (χ1n) is 7.80. The number of hydrogen-bond donors (Lipinski definition) is 1. The molecule has 1 unspecified atom stereocenters. The van der Waals surface area contributed by atoms with Crippen LogP contribution in [0.4, 0.5) is 0 Å². The number of nitrogens with two attached hydrogens (primary N) is 1. The molecule has 0 aliphatic heterocycles. The zero-order chi connectivity index (χ0) is 14.6. The molecule has 2 rings (SSSR count). The van der Waals surface area contributed by atoms with E-state index in [4.69, 9.17) is 5.73 Å². The molecule has 0 aromatic heterocycles. The van der Waals surface area contributed by atoms with Crippen molar-refractivity contribution in [2.45, 2.75) is 51.0 Å². The summed E-state index contributed by atoms with van der Waals surface area (Å²) >= 11 is 3.57. The topological polar surface area (TPSA) is 29.3 Å². The number of halogens is 1. The van der Waals surface area contributed by atoms with E-state index in [-0.39, 0.29) is 5.54 Å². The molecule has 112 valence electrons. The lowest BCUT2D eigenvalue weighted by Gasteiger charge is -2.45. The van der Waals surface area contributed by atoms with Gasteiger partial charge in [0.25, 0.3) is 0 Å². The molecule has 20 heavy (non-hydrogen) atoms. The summed E-state index contributed by atoms with van der Waals surface area (Å²) < 4.78 is 1.19. The van der Waals surface area contributed by atoms with Gasteiger partial charge in [0.05, 0.1) is 0 Å². The van der Waals surface area contributed by atoms with Crippen molar-refractivity contribution in [2.24, 2.45) is 5.73 Å². The van der Waals surface area contributed by atoms with E-state index in [1.54, 1.807) is 0 Å². The number of hydrogen-bond acceptors (Lipinski definition) is 2. The van der Waals surface area contributed by atoms with E-state index in [0.29, 0.717) is 0 Å². The Morgan fingerprint density at radius 2 is 2.10 bits per heavy atom. The van der Waals surface area contributed by atoms with Crippen LogP contribution in [0.2, 0.25) is 0 Å². The minimum Gasteiger partial charge on any atom is -0.329 e. The molecule has 0 heterocycles. The number of likely N-dealkylation sites (N-methyl/N-ethyl adjacent to an activating group) is 1. The molecule has 0 saturated heterocycles. The van der Waals surface area contributed by atoms with Crippen molar-refractivity contribution < 1.29 is 0 Å². The van der Waals surface area contributed by atoms with Crippen LogP contribution in [0.25, 0.3) is 0 Å². The average molecular weight is 339 g/mol. The van der Waals surface area contributed by atoms with Crippen molar-refractivity contribution in [3.63, 3.8) is 0 Å². The Balaban J connectivity index is 2.11. The van der Waals surface area contributed by atoms with Crippen molar-refractivity contribution in [3.05, 3.63) is 33.8 Å². The molecule has 3 heteroatoms. The maximum absolute atomic E-state index is 6.18. The summed E-state index contributed by atoms with van der Waals surface area (Å²) in [6.45, 7) is 4.18. The highest BCUT2D eigenvalue weighted by atomic mass is 79.9. The van der Waals surface area contributed by atoms with Gasteiger partial charge in [-0.3, -0.25) is 4.90 Å². The standard InChI is InChI=1S/C17H27BrN2/c1-3-4-5-10-20(2)17(13-19)9-8-14-11-16(18)7-6-15(14)12-17/h6-7,11H,3-5,8-10,12-13,19H2,1-2H3. The largest absolute Gasteiger partial charge is 0.329 e. The molecule has 0 amide bonds. The second kappa shape index (κ2) is 7.06. The minimum absolute atomic E-state index is 0.161. The zero-order valence-electron chi connectivity index (χ0n) is 12.8. The van der Waals surface area contributed by atoms with Crippen LogP contribution in [0, 0.1) is 0 Å². The van der Waals surface area contributed by atoms with E-state index < -0.39 is 0 Å². The van der Waals surface area contributed by atoms with Gasteiger partial charge in [-0.2, -0.15) is 0 Å². The Labute approximate surface area is 131 Å². The second-order valence-corrected chi connectivity index (χ2v) is 7.06. The van der Waals surface area contributed by atoms with E-state index in [1.807, 2.05) is 0 Å². The summed E-state index contributed by atoms with van der Waals surface area (Å²) in [7, 11) is 2.26. The number of rotatable bonds is 6. The van der Waals surface area contributed by atoms with E-state index >= 15 is 0 Å². The number of nitrogens with zero attached hydrogens (tertiary/aromatic N) is 1. The highest BCUT2D eigenvalue weighted by molar-refractivity contribution is 9.10. The first-order valence-corrected chi connectivity index (χ1v) is 8.59. The van der Waals surface area contributed by atoms with Gasteiger partial charge in [-0.05, 0) is 62.5 Å². The van der Waals surface area contributed by atoms with E-state index in [9.17, 15) is 0 Å². The van der Waals surface area contributed by atoms with Gasteiger partial charge >= 0.3 is 0 Å². The SMILES string of the molecule is CCCCCN(C)C1(CN)CCc2cc(Br)ccc2C1. The van der Waals surface area contributed by atoms with Gasteiger partial charge < -0.3 is 5.73 Å². The summed E-state index contributed by atoms with van der Waals surface area (Å²) in [6, 6.07) is 6.69. The molecule has 1 atom stereocenters. The van der Waals surface area contributed by atoms with Crippen LogP contribution < -0.4 is 5.73 Å². The fourth-order valence-electron chi connectivity index (χ4n) is 3.30. The first-order chi connectivity index (χ1) is 9.61. The Morgan fingerprint density at radius 3 is 2.80 bits per heavy atom. The van der Waals surface area contributed by atoms with Crippen LogP contribution in [0.1, 0.15) is 43.7 Å². The first kappa shape index (κ1) is 16.0. The smallest absolute Gasteiger partial charge is 0.0372 e. The van der Waals surface area contributed by atoms with Crippen LogP contribution in [0.3, 0.4) is 0 Å². The normalized spacial score (nSPS) is 22.1. The molecule has 2 N–H and O–H groups in total. The maximum atomic E-state index is 6.18. The lowest BCUT2D eigenvalue weighted by Crippen LogP contribution is -2.55. The van der Waals surface area contributed by atoms with Gasteiger partial charge in [0.2, 0.25) is 0 Å². The fourth-order valence-corrected chi connectivity index (χ4v) is 3.71. The van der Waals surface area contributed by atoms with Crippen LogP contribution in [-0.2, 0) is 12.8 Å². The quantitative estimate of drug-likeness (QED) is 0.800. The molecule has 0 saturated carbocycles. The van der Waals surface area contributed by atoms with Gasteiger partial charge in [0.15, 0.2) is 0 Å². The molecule has 1 aliphatic carbocycles. The molecular formula is C17H27BrN2. The van der Waals surface area contributed by atoms with E-state index in [1.165, 1.54) is 41.3 Å². The lowest BCUT2D eigenvalue weighted by molar-refractivity contribution is 0.106. The molecule has 1 aromatic rings. The number of unbranched alkanes of at least 4 members (excludes halogenated alkanes) is 2. The van der Waals surface area contributed by atoms with Gasteiger partial charge in [-0.15, -0.1) is 0 Å². The fraction of sp³-hybridized carbons (Fsp3) is 0.647. The summed E-state index contributed by atoms with van der Waals surface area (Å²) in [6.07, 6.45) is 7.28. The highest BCUT2D eigenvalue weighted by Crippen LogP contribution is 2.33. The Hall–Kier alpha value is -0.380. The Bertz CT molecular complexity index is 447. The summed E-state index contributed by atoms with van der Waals surface area (Å²) in [5.74, 6) is 0. The zero-order valence-corrected chi connectivity index (χ0v) is 14.4.